The first-order chi connectivity index (χ1) is 9.29. The van der Waals surface area contributed by atoms with Gasteiger partial charge in [0.05, 0.1) is 11.3 Å². The fourth-order valence-electron chi connectivity index (χ4n) is 1.79. The maximum Gasteiger partial charge on any atom is 0.417 e. The summed E-state index contributed by atoms with van der Waals surface area (Å²) < 4.78 is 39.6. The Morgan fingerprint density at radius 3 is 2.35 bits per heavy atom. The fourth-order valence-corrected chi connectivity index (χ4v) is 2.18. The van der Waals surface area contributed by atoms with Gasteiger partial charge in [0.2, 0.25) is 0 Å². The lowest BCUT2D eigenvalue weighted by molar-refractivity contribution is -0.137. The Kier molecular flexibility index (Phi) is 4.13. The molecule has 0 bridgehead atoms. The summed E-state index contributed by atoms with van der Waals surface area (Å²) in [7, 11) is 0. The average Bonchev–Trinajstić information content (AvgIpc) is 2.37. The van der Waals surface area contributed by atoms with E-state index in [0.717, 1.165) is 6.07 Å². The zero-order valence-electron chi connectivity index (χ0n) is 10.9. The molecule has 0 saturated heterocycles. The molecule has 0 amide bonds. The van der Waals surface area contributed by atoms with E-state index in [4.69, 9.17) is 0 Å². The Morgan fingerprint density at radius 1 is 1.10 bits per heavy atom. The van der Waals surface area contributed by atoms with Gasteiger partial charge in [0.25, 0.3) is 0 Å². The zero-order chi connectivity index (χ0) is 14.9. The van der Waals surface area contributed by atoms with Crippen molar-refractivity contribution in [1.82, 2.24) is 9.97 Å². The molecule has 6 heteroatoms. The van der Waals surface area contributed by atoms with Crippen molar-refractivity contribution in [2.24, 2.45) is 0 Å². The molecule has 1 aromatic carbocycles. The molecule has 0 aliphatic carbocycles. The lowest BCUT2D eigenvalue weighted by atomic mass is 10.0. The highest BCUT2D eigenvalue weighted by Gasteiger charge is 2.33. The van der Waals surface area contributed by atoms with Crippen LogP contribution < -0.4 is 0 Å². The predicted molar refractivity (Wildman–Crippen MR) is 74.3 cm³/mol. The van der Waals surface area contributed by atoms with Crippen molar-refractivity contribution in [3.63, 3.8) is 0 Å². The first kappa shape index (κ1) is 15.0. The number of nitrogens with zero attached hydrogens (tertiary/aromatic N) is 2. The molecule has 0 aliphatic heterocycles. The van der Waals surface area contributed by atoms with Crippen molar-refractivity contribution in [1.29, 1.82) is 0 Å². The highest BCUT2D eigenvalue weighted by atomic mass is 79.9. The number of halogens is 4. The van der Waals surface area contributed by atoms with E-state index in [2.05, 4.69) is 25.9 Å². The van der Waals surface area contributed by atoms with Crippen LogP contribution >= 0.6 is 15.9 Å². The molecule has 0 N–H and O–H groups in total. The van der Waals surface area contributed by atoms with Gasteiger partial charge >= 0.3 is 6.18 Å². The highest BCUT2D eigenvalue weighted by molar-refractivity contribution is 9.10. The summed E-state index contributed by atoms with van der Waals surface area (Å²) in [6, 6.07) is 6.90. The third-order valence-electron chi connectivity index (χ3n) is 2.74. The molecule has 2 nitrogen and oxygen atoms in total. The lowest BCUT2D eigenvalue weighted by Crippen LogP contribution is -2.08. The van der Waals surface area contributed by atoms with E-state index in [0.29, 0.717) is 10.4 Å². The molecule has 1 heterocycles. The molecule has 0 spiro atoms. The van der Waals surface area contributed by atoms with E-state index >= 15 is 0 Å². The lowest BCUT2D eigenvalue weighted by Gasteiger charge is -2.13. The van der Waals surface area contributed by atoms with Crippen molar-refractivity contribution in [2.45, 2.75) is 25.9 Å². The van der Waals surface area contributed by atoms with E-state index in [1.165, 1.54) is 18.2 Å². The Labute approximate surface area is 123 Å². The largest absolute Gasteiger partial charge is 0.417 e. The average molecular weight is 345 g/mol. The highest BCUT2D eigenvalue weighted by Crippen LogP contribution is 2.36. The molecule has 1 aromatic heterocycles. The van der Waals surface area contributed by atoms with Crippen LogP contribution in [0.4, 0.5) is 13.2 Å². The third-order valence-corrected chi connectivity index (χ3v) is 3.14. The maximum absolute atomic E-state index is 13.0. The monoisotopic (exact) mass is 344 g/mol. The second-order valence-corrected chi connectivity index (χ2v) is 5.44. The molecule has 0 atom stereocenters. The molecular weight excluding hydrogens is 333 g/mol. The Balaban J connectivity index is 2.63. The van der Waals surface area contributed by atoms with Crippen molar-refractivity contribution in [3.8, 4) is 11.3 Å². The number of hydrogen-bond acceptors (Lipinski definition) is 2. The second kappa shape index (κ2) is 5.52. The number of aromatic nitrogens is 2. The predicted octanol–water partition coefficient (Wildman–Crippen LogP) is 5.05. The summed E-state index contributed by atoms with van der Waals surface area (Å²) in [5, 5.41) is 0. The molecule has 0 unspecified atom stereocenters. The molecule has 0 aliphatic rings. The third kappa shape index (κ3) is 3.17. The SMILES string of the molecule is CC(C)c1nc(Br)cc(-c2ccccc2C(F)(F)F)n1. The van der Waals surface area contributed by atoms with E-state index < -0.39 is 11.7 Å². The molecule has 0 fully saturated rings. The molecule has 106 valence electrons. The van der Waals surface area contributed by atoms with E-state index in [-0.39, 0.29) is 17.2 Å². The number of rotatable bonds is 2. The van der Waals surface area contributed by atoms with Crippen LogP contribution in [-0.2, 0) is 6.18 Å². The van der Waals surface area contributed by atoms with Gasteiger partial charge in [-0.1, -0.05) is 32.0 Å². The summed E-state index contributed by atoms with van der Waals surface area (Å²) >= 11 is 3.22. The van der Waals surface area contributed by atoms with Crippen LogP contribution in [0, 0.1) is 0 Å². The van der Waals surface area contributed by atoms with Crippen LogP contribution in [-0.4, -0.2) is 9.97 Å². The summed E-state index contributed by atoms with van der Waals surface area (Å²) in [6.45, 7) is 3.78. The van der Waals surface area contributed by atoms with E-state index in [1.807, 2.05) is 13.8 Å². The van der Waals surface area contributed by atoms with Gasteiger partial charge < -0.3 is 0 Å². The topological polar surface area (TPSA) is 25.8 Å². The van der Waals surface area contributed by atoms with E-state index in [1.54, 1.807) is 6.07 Å². The molecule has 2 rings (SSSR count). The van der Waals surface area contributed by atoms with Gasteiger partial charge in [-0.25, -0.2) is 9.97 Å². The van der Waals surface area contributed by atoms with E-state index in [9.17, 15) is 13.2 Å². The fraction of sp³-hybridized carbons (Fsp3) is 0.286. The van der Waals surface area contributed by atoms with Gasteiger partial charge in [0.15, 0.2) is 0 Å². The Morgan fingerprint density at radius 2 is 1.75 bits per heavy atom. The molecule has 20 heavy (non-hydrogen) atoms. The number of benzene rings is 1. The van der Waals surface area contributed by atoms with Crippen molar-refractivity contribution < 1.29 is 13.2 Å². The summed E-state index contributed by atoms with van der Waals surface area (Å²) in [6.07, 6.45) is -4.41. The van der Waals surface area contributed by atoms with Gasteiger partial charge in [-0.2, -0.15) is 13.2 Å². The standard InChI is InChI=1S/C14H12BrF3N2/c1-8(2)13-19-11(7-12(15)20-13)9-5-3-4-6-10(9)14(16,17)18/h3-8H,1-2H3. The smallest absolute Gasteiger partial charge is 0.233 e. The summed E-state index contributed by atoms with van der Waals surface area (Å²) in [5.41, 5.74) is -0.367. The van der Waals surface area contributed by atoms with Crippen LogP contribution in [0.1, 0.15) is 31.2 Å². The Bertz CT molecular complexity index is 624. The zero-order valence-corrected chi connectivity index (χ0v) is 12.5. The van der Waals surface area contributed by atoms with Crippen LogP contribution in [0.2, 0.25) is 0 Å². The quantitative estimate of drug-likeness (QED) is 0.712. The van der Waals surface area contributed by atoms with Gasteiger partial charge in [-0.15, -0.1) is 0 Å². The van der Waals surface area contributed by atoms with Crippen molar-refractivity contribution in [2.75, 3.05) is 0 Å². The maximum atomic E-state index is 13.0. The van der Waals surface area contributed by atoms with Crippen LogP contribution in [0.15, 0.2) is 34.9 Å². The number of alkyl halides is 3. The van der Waals surface area contributed by atoms with Gasteiger partial charge in [0.1, 0.15) is 10.4 Å². The number of hydrogen-bond donors (Lipinski definition) is 0. The van der Waals surface area contributed by atoms with Crippen molar-refractivity contribution >= 4 is 15.9 Å². The van der Waals surface area contributed by atoms with Gasteiger partial charge in [-0.05, 0) is 28.1 Å². The van der Waals surface area contributed by atoms with Gasteiger partial charge in [0, 0.05) is 11.5 Å². The van der Waals surface area contributed by atoms with Crippen LogP contribution in [0.25, 0.3) is 11.3 Å². The summed E-state index contributed by atoms with van der Waals surface area (Å²) in [4.78, 5) is 8.41. The minimum absolute atomic E-state index is 0.0318. The van der Waals surface area contributed by atoms with Crippen LogP contribution in [0.3, 0.4) is 0 Å². The molecule has 0 radical (unpaired) electrons. The van der Waals surface area contributed by atoms with Crippen LogP contribution in [0.5, 0.6) is 0 Å². The molecule has 2 aromatic rings. The first-order valence-corrected chi connectivity index (χ1v) is 6.79. The molecular formula is C14H12BrF3N2. The minimum Gasteiger partial charge on any atom is -0.233 e. The normalized spacial score (nSPS) is 11.9. The summed E-state index contributed by atoms with van der Waals surface area (Å²) in [5.74, 6) is 0.538. The minimum atomic E-state index is -4.41. The van der Waals surface area contributed by atoms with Gasteiger partial charge in [-0.3, -0.25) is 0 Å². The first-order valence-electron chi connectivity index (χ1n) is 6.00. The Hall–Kier alpha value is -1.43. The second-order valence-electron chi connectivity index (χ2n) is 4.63. The molecule has 0 saturated carbocycles. The van der Waals surface area contributed by atoms with Crippen molar-refractivity contribution in [3.05, 3.63) is 46.3 Å².